The second kappa shape index (κ2) is 56.8. The minimum absolute atomic E-state index is 0.0146. The number of anilines is 1. The molecule has 3 atom stereocenters. The molecule has 6 heterocycles. The number of amides is 8. The summed E-state index contributed by atoms with van der Waals surface area (Å²) in [6, 6.07) is 28.0. The number of carbonyl (C=O) groups is 9. The molecule has 8 amide bonds. The van der Waals surface area contributed by atoms with Crippen LogP contribution in [0.1, 0.15) is 73.2 Å². The van der Waals surface area contributed by atoms with E-state index in [2.05, 4.69) is 63.2 Å². The number of carbonyl (C=O) groups excluding carboxylic acids is 7. The van der Waals surface area contributed by atoms with Crippen molar-refractivity contribution in [3.63, 3.8) is 0 Å². The summed E-state index contributed by atoms with van der Waals surface area (Å²) in [6.45, 7) is 11.6. The van der Waals surface area contributed by atoms with Crippen molar-refractivity contribution in [2.45, 2.75) is 104 Å². The van der Waals surface area contributed by atoms with E-state index in [1.807, 2.05) is 43.3 Å². The number of urea groups is 1. The number of carboxylic acids is 2. The van der Waals surface area contributed by atoms with E-state index in [1.165, 1.54) is 34.5 Å². The predicted molar refractivity (Wildman–Crippen MR) is 519 cm³/mol. The van der Waals surface area contributed by atoms with Crippen LogP contribution in [0, 0.1) is 18.7 Å². The number of benzene rings is 5. The smallest absolute Gasteiger partial charge is 0.421 e. The molecule has 770 valence electrons. The van der Waals surface area contributed by atoms with E-state index in [1.54, 1.807) is 98.7 Å². The normalized spacial score (nSPS) is 13.7. The molecule has 9 aromatic rings. The Morgan fingerprint density at radius 3 is 2.01 bits per heavy atom. The Kier molecular flexibility index (Phi) is 43.9. The number of nitrogens with zero attached hydrogens (tertiary/aromatic N) is 10. The number of halogens is 2. The number of primary amides is 1. The molecule has 0 saturated carbocycles. The number of methoxy groups -OCH3 is 1. The van der Waals surface area contributed by atoms with Gasteiger partial charge in [0.25, 0.3) is 11.8 Å². The third kappa shape index (κ3) is 35.6. The summed E-state index contributed by atoms with van der Waals surface area (Å²) in [4.78, 5) is 137. The highest BCUT2D eigenvalue weighted by atomic mass is 35.5. The fourth-order valence-electron chi connectivity index (χ4n) is 15.0. The lowest BCUT2D eigenvalue weighted by Crippen LogP contribution is -2.57. The van der Waals surface area contributed by atoms with Crippen molar-refractivity contribution in [1.29, 1.82) is 0 Å². The quantitative estimate of drug-likeness (QED) is 0.0102. The molecule has 143 heavy (non-hydrogen) atoms. The highest BCUT2D eigenvalue weighted by Crippen LogP contribution is 2.50. The Hall–Kier alpha value is -12.9. The minimum atomic E-state index is -4.34. The van der Waals surface area contributed by atoms with Crippen molar-refractivity contribution in [2.75, 3.05) is 178 Å². The van der Waals surface area contributed by atoms with Crippen LogP contribution in [-0.2, 0) is 126 Å². The van der Waals surface area contributed by atoms with Crippen LogP contribution in [0.3, 0.4) is 0 Å². The number of aromatic nitrogens is 7. The molecule has 10 N–H and O–H groups in total. The molecule has 4 aromatic heterocycles. The largest absolute Gasteiger partial charge is 0.496 e. The number of ether oxygens (including phenoxy) is 13. The third-order valence-electron chi connectivity index (χ3n) is 22.6. The van der Waals surface area contributed by atoms with Crippen molar-refractivity contribution < 1.29 is 132 Å². The number of quaternary nitrogens is 1. The zero-order chi connectivity index (χ0) is 102. The number of nitrogens with two attached hydrogens (primary N) is 1. The molecule has 2 aliphatic rings. The van der Waals surface area contributed by atoms with E-state index in [9.17, 15) is 61.1 Å². The molecule has 5 aromatic carbocycles. The maximum atomic E-state index is 14.7. The summed E-state index contributed by atoms with van der Waals surface area (Å²) in [6.07, 6.45) is 3.88. The van der Waals surface area contributed by atoms with Gasteiger partial charge >= 0.3 is 34.3 Å². The van der Waals surface area contributed by atoms with Gasteiger partial charge in [0, 0.05) is 85.6 Å². The zero-order valence-corrected chi connectivity index (χ0v) is 82.3. The van der Waals surface area contributed by atoms with E-state index in [-0.39, 0.29) is 150 Å². The second-order valence-electron chi connectivity index (χ2n) is 33.5. The SMILES string of the molecule is COc1ccccc1-c1nccc(COc2ccccc2C[C@@H](Oc2ncnc3sc(-c4ccc(F)cc4)c(-c4ccc(OCCN5CC[N+](C)(Cc6ccc(NC(=O)[C@H](CCCNC(N)=O)NC(=O)[C@@H](NC(=O)CCOCCN7C(=O)C=CC7=O)C(C)C)cc6COCc6cn(CCOC(=O)NS(=O)(=O)NCCOCCOCCOCCOCCOCCOCCC(=O)O)nn6)CC5)c(Cl)c4C)c23)C(=O)O)n1. The Labute approximate surface area is 834 Å². The summed E-state index contributed by atoms with van der Waals surface area (Å²) in [5.41, 5.74) is 11.9. The second-order valence-corrected chi connectivity index (χ2v) is 36.3. The summed E-state index contributed by atoms with van der Waals surface area (Å²) in [5, 5.41) is 39.6. The Morgan fingerprint density at radius 2 is 1.33 bits per heavy atom. The van der Waals surface area contributed by atoms with Gasteiger partial charge in [-0.05, 0) is 108 Å². The van der Waals surface area contributed by atoms with E-state index in [4.69, 9.17) is 89.0 Å². The summed E-state index contributed by atoms with van der Waals surface area (Å²) >= 11 is 8.64. The predicted octanol–water partition coefficient (Wildman–Crippen LogP) is 7.37. The highest BCUT2D eigenvalue weighted by molar-refractivity contribution is 7.88. The molecule has 2 aliphatic heterocycles. The first kappa shape index (κ1) is 110. The molecule has 1 fully saturated rings. The van der Waals surface area contributed by atoms with Crippen molar-refractivity contribution in [3.05, 3.63) is 185 Å². The van der Waals surface area contributed by atoms with Gasteiger partial charge in [0.2, 0.25) is 29.7 Å². The number of piperazine rings is 1. The molecule has 0 aliphatic carbocycles. The van der Waals surface area contributed by atoms with Gasteiger partial charge in [-0.2, -0.15) is 13.1 Å². The topological polar surface area (TPSA) is 535 Å². The van der Waals surface area contributed by atoms with Crippen LogP contribution in [0.2, 0.25) is 5.02 Å². The van der Waals surface area contributed by atoms with Crippen molar-refractivity contribution in [2.24, 2.45) is 11.7 Å². The van der Waals surface area contributed by atoms with E-state index < -0.39 is 93.7 Å². The van der Waals surface area contributed by atoms with Crippen molar-refractivity contribution in [3.8, 4) is 56.1 Å². The minimum Gasteiger partial charge on any atom is -0.496 e. The lowest BCUT2D eigenvalue weighted by Gasteiger charge is -2.42. The van der Waals surface area contributed by atoms with Gasteiger partial charge in [-0.1, -0.05) is 85.3 Å². The molecule has 0 radical (unpaired) electrons. The number of nitrogens with one attached hydrogen (secondary N) is 6. The lowest BCUT2D eigenvalue weighted by atomic mass is 9.96. The van der Waals surface area contributed by atoms with Crippen LogP contribution in [0.15, 0.2) is 140 Å². The molecule has 47 heteroatoms. The highest BCUT2D eigenvalue weighted by Gasteiger charge is 2.35. The molecular weight excluding hydrogens is 1930 g/mol. The van der Waals surface area contributed by atoms with Gasteiger partial charge in [0.05, 0.1) is 180 Å². The van der Waals surface area contributed by atoms with Crippen LogP contribution in [-0.4, -0.2) is 312 Å². The van der Waals surface area contributed by atoms with Crippen LogP contribution < -0.4 is 55.4 Å². The number of hydrogen-bond donors (Lipinski definition) is 9. The van der Waals surface area contributed by atoms with Crippen LogP contribution >= 0.6 is 22.9 Å². The van der Waals surface area contributed by atoms with Gasteiger partial charge in [0.1, 0.15) is 78.4 Å². The number of fused-ring (bicyclic) bond motifs is 1. The number of thiophene rings is 1. The van der Waals surface area contributed by atoms with Crippen molar-refractivity contribution in [1.82, 2.24) is 70.1 Å². The summed E-state index contributed by atoms with van der Waals surface area (Å²) in [7, 11) is -0.629. The average molecular weight is 2050 g/mol. The van der Waals surface area contributed by atoms with Crippen molar-refractivity contribution >= 4 is 103 Å². The van der Waals surface area contributed by atoms with Crippen LogP contribution in [0.25, 0.3) is 43.2 Å². The molecule has 1 saturated heterocycles. The maximum absolute atomic E-state index is 14.7. The Bertz CT molecular complexity index is 5880. The Balaban J connectivity index is 0.699. The first-order chi connectivity index (χ1) is 69.0. The van der Waals surface area contributed by atoms with Crippen LogP contribution in [0.5, 0.6) is 23.1 Å². The maximum Gasteiger partial charge on any atom is 0.421 e. The van der Waals surface area contributed by atoms with Gasteiger partial charge < -0.3 is 103 Å². The summed E-state index contributed by atoms with van der Waals surface area (Å²) < 4.78 is 120. The Morgan fingerprint density at radius 1 is 0.657 bits per heavy atom. The molecule has 11 rings (SSSR count). The molecular formula is C96H120ClFN17O26S2+. The van der Waals surface area contributed by atoms with Gasteiger partial charge in [-0.25, -0.2) is 48.1 Å². The number of aliphatic carboxylic acids is 2. The van der Waals surface area contributed by atoms with Gasteiger partial charge in [-0.15, -0.1) is 16.4 Å². The number of likely N-dealkylation sites (N-methyl/N-ethyl adjacent to an activating group) is 1. The molecule has 0 spiro atoms. The van der Waals surface area contributed by atoms with E-state index in [0.29, 0.717) is 183 Å². The number of rotatable bonds is 64. The number of para-hydroxylation sites is 2. The first-order valence-electron chi connectivity index (χ1n) is 46.3. The van der Waals surface area contributed by atoms with Gasteiger partial charge in [-0.3, -0.25) is 38.6 Å². The fourth-order valence-corrected chi connectivity index (χ4v) is 17.1. The van der Waals surface area contributed by atoms with Crippen LogP contribution in [0.4, 0.5) is 19.7 Å². The number of carboxylic acid groups (broad SMARTS) is 2. The fraction of sp³-hybridized carbons (Fsp3) is 0.448. The monoisotopic (exact) mass is 2040 g/mol. The lowest BCUT2D eigenvalue weighted by molar-refractivity contribution is -0.926. The first-order valence-corrected chi connectivity index (χ1v) is 49.0. The van der Waals surface area contributed by atoms with E-state index >= 15 is 0 Å². The zero-order valence-electron chi connectivity index (χ0n) is 79.9. The molecule has 0 unspecified atom stereocenters. The number of hydrogen-bond acceptors (Lipinski definition) is 32. The standard InChI is InChI=1S/C96H119ClFN17O26S2/c1-63(2)87(108-80(116)27-39-130-42-36-114-81(117)24-25-82(114)118)91(122)107-75(13-10-29-101-95(99)125)90(121)106-70-21-18-67(68(55-70)59-137-60-72-57-113(111-109-72)35-44-139-96(126)110-143(127,128)104-31-41-132-46-48-134-50-52-136-54-53-135-51-49-133-47-45-131-40-28-83(119)120)58-115(4)37-32-112(33-38-115)34-43-138-78-23-22-73(64(3)86(78)97)84-85-92(102-62-103-93(85)142-88(84)65-16-19-69(98)20-17-65)141-79(94(123)124)56-66-11-6-8-14-76(66)140-61-71-26-30-100-89(105-71)74-12-7-9-15-77(74)129-5/h6-9,11-12,14-26,30,55,57,62-63,75,79,87,104H,10,13,27-29,31-54,56,58-61H2,1-5H3,(H8-,99,101,106,107,108,110,116,119,120,121,122,123,124,125,126)/p+1/t75-,79+,87-/m0/s1. The number of imide groups is 1. The third-order valence-corrected chi connectivity index (χ3v) is 25.2. The summed E-state index contributed by atoms with van der Waals surface area (Å²) in [5.74, 6) is -4.07. The molecule has 43 nitrogen and oxygen atoms in total. The molecule has 0 bridgehead atoms. The average Bonchev–Trinajstić information content (AvgIpc) is 1.60. The van der Waals surface area contributed by atoms with Gasteiger partial charge in [0.15, 0.2) is 5.82 Å². The van der Waals surface area contributed by atoms with E-state index in [0.717, 1.165) is 22.6 Å².